The zero-order valence-corrected chi connectivity index (χ0v) is 20.3. The van der Waals surface area contributed by atoms with E-state index in [1.54, 1.807) is 5.57 Å². The summed E-state index contributed by atoms with van der Waals surface area (Å²) in [6.07, 6.45) is 11.6. The molecule has 0 aromatic heterocycles. The van der Waals surface area contributed by atoms with Crippen molar-refractivity contribution in [3.63, 3.8) is 0 Å². The molecular formula is C28H35FeO3-. The summed E-state index contributed by atoms with van der Waals surface area (Å²) in [5.41, 5.74) is 6.02. The van der Waals surface area contributed by atoms with Crippen LogP contribution in [-0.4, -0.2) is 20.4 Å². The van der Waals surface area contributed by atoms with Crippen molar-refractivity contribution in [3.8, 4) is 0 Å². The minimum absolute atomic E-state index is 0. The molecule has 3 nitrogen and oxygen atoms in total. The number of carbonyl (C=O) groups excluding carboxylic acids is 3. The molecule has 1 aliphatic rings. The van der Waals surface area contributed by atoms with Crippen molar-refractivity contribution in [1.82, 2.24) is 0 Å². The predicted molar refractivity (Wildman–Crippen MR) is 129 cm³/mol. The van der Waals surface area contributed by atoms with E-state index in [2.05, 4.69) is 86.7 Å². The van der Waals surface area contributed by atoms with Gasteiger partial charge in [0, 0.05) is 17.1 Å². The molecule has 2 aromatic carbocycles. The van der Waals surface area contributed by atoms with Gasteiger partial charge in [0.2, 0.25) is 0 Å². The van der Waals surface area contributed by atoms with Crippen molar-refractivity contribution in [2.75, 3.05) is 0 Å². The van der Waals surface area contributed by atoms with Gasteiger partial charge in [0.1, 0.15) is 20.4 Å². The van der Waals surface area contributed by atoms with Gasteiger partial charge in [0.15, 0.2) is 0 Å². The van der Waals surface area contributed by atoms with Crippen LogP contribution >= 0.6 is 0 Å². The Morgan fingerprint density at radius 2 is 1.12 bits per heavy atom. The van der Waals surface area contributed by atoms with Crippen LogP contribution in [0.15, 0.2) is 77.9 Å². The molecule has 2 unspecified atom stereocenters. The van der Waals surface area contributed by atoms with Crippen molar-refractivity contribution in [2.24, 2.45) is 0 Å². The smallest absolute Gasteiger partial charge is 0.106 e. The van der Waals surface area contributed by atoms with Crippen molar-refractivity contribution in [1.29, 1.82) is 0 Å². The van der Waals surface area contributed by atoms with Crippen LogP contribution in [0.4, 0.5) is 0 Å². The summed E-state index contributed by atoms with van der Waals surface area (Å²) in [6, 6.07) is 22.1. The maximum absolute atomic E-state index is 8.00. The maximum atomic E-state index is 8.00. The van der Waals surface area contributed by atoms with Gasteiger partial charge in [0.25, 0.3) is 0 Å². The Labute approximate surface area is 204 Å². The van der Waals surface area contributed by atoms with Gasteiger partial charge >= 0.3 is 0 Å². The van der Waals surface area contributed by atoms with Crippen LogP contribution in [0.5, 0.6) is 0 Å². The van der Waals surface area contributed by atoms with Crippen LogP contribution in [0.25, 0.3) is 0 Å². The van der Waals surface area contributed by atoms with Crippen molar-refractivity contribution in [3.05, 3.63) is 95.1 Å². The first-order chi connectivity index (χ1) is 15.3. The van der Waals surface area contributed by atoms with E-state index in [4.69, 9.17) is 14.4 Å². The molecule has 0 N–H and O–H groups in total. The Hall–Kier alpha value is -2.55. The fraction of sp³-hybridized carbons (Fsp3) is 0.321. The number of allylic oxidation sites excluding steroid dienone is 4. The minimum Gasteiger partial charge on any atom is -0.307 e. The van der Waals surface area contributed by atoms with Crippen LogP contribution in [0.2, 0.25) is 0 Å². The fourth-order valence-corrected chi connectivity index (χ4v) is 4.11. The molecule has 0 saturated carbocycles. The molecule has 0 spiro atoms. The van der Waals surface area contributed by atoms with Gasteiger partial charge in [-0.1, -0.05) is 105 Å². The normalized spacial score (nSPS) is 13.1. The molecule has 0 radical (unpaired) electrons. The number of carbonyl (C=O) groups is 3. The minimum atomic E-state index is 0. The molecule has 0 bridgehead atoms. The average molecular weight is 475 g/mol. The second-order valence-corrected chi connectivity index (χ2v) is 7.01. The number of benzene rings is 2. The standard InChI is InChI=1S/C25H29.3CH2O.Fe/c1-3-12-22(20-14-7-5-8-15-20)24-18-11-19-25(24)23(13-4-2)21-16-9-6-10-17-21;3*1-2;/h5-10,14-18,22-23H,3-4,12-13,19H2,1-2H3;3*1H2;/q-1;;;;. The van der Waals surface area contributed by atoms with E-state index < -0.39 is 0 Å². The molecule has 2 aromatic rings. The Balaban J connectivity index is 0. The van der Waals surface area contributed by atoms with Gasteiger partial charge in [-0.25, -0.2) is 6.08 Å². The molecule has 174 valence electrons. The van der Waals surface area contributed by atoms with Crippen molar-refractivity contribution in [2.45, 2.75) is 57.8 Å². The van der Waals surface area contributed by atoms with Crippen LogP contribution in [0.3, 0.4) is 0 Å². The van der Waals surface area contributed by atoms with Gasteiger partial charge < -0.3 is 14.4 Å². The SMILES string of the molecule is C=O.C=O.C=O.CCCC(C1=C(C(CCC)c2ccccc2)C[C-]=C1)c1ccccc1.[Fe]. The second kappa shape index (κ2) is 20.4. The van der Waals surface area contributed by atoms with Crippen LogP contribution in [0, 0.1) is 6.08 Å². The zero-order chi connectivity index (χ0) is 23.5. The monoisotopic (exact) mass is 475 g/mol. The largest absolute Gasteiger partial charge is 0.307 e. The summed E-state index contributed by atoms with van der Waals surface area (Å²) >= 11 is 0. The fourth-order valence-electron chi connectivity index (χ4n) is 4.11. The van der Waals surface area contributed by atoms with E-state index in [0.29, 0.717) is 11.8 Å². The molecular weight excluding hydrogens is 440 g/mol. The Morgan fingerprint density at radius 3 is 1.56 bits per heavy atom. The number of rotatable bonds is 8. The predicted octanol–water partition coefficient (Wildman–Crippen LogP) is 6.66. The van der Waals surface area contributed by atoms with Crippen LogP contribution in [-0.2, 0) is 31.5 Å². The first kappa shape index (κ1) is 31.6. The summed E-state index contributed by atoms with van der Waals surface area (Å²) in [6.45, 7) is 10.6. The van der Waals surface area contributed by atoms with E-state index in [-0.39, 0.29) is 17.1 Å². The van der Waals surface area contributed by atoms with Gasteiger partial charge in [0.05, 0.1) is 0 Å². The summed E-state index contributed by atoms with van der Waals surface area (Å²) in [5.74, 6) is 1.02. The first-order valence-corrected chi connectivity index (χ1v) is 10.6. The van der Waals surface area contributed by atoms with E-state index in [9.17, 15) is 0 Å². The van der Waals surface area contributed by atoms with Gasteiger partial charge in [-0.05, 0) is 17.9 Å². The van der Waals surface area contributed by atoms with Gasteiger partial charge in [-0.3, -0.25) is 6.08 Å². The molecule has 0 heterocycles. The summed E-state index contributed by atoms with van der Waals surface area (Å²) in [4.78, 5) is 24.0. The van der Waals surface area contributed by atoms with Crippen molar-refractivity contribution < 1.29 is 31.5 Å². The molecule has 0 amide bonds. The van der Waals surface area contributed by atoms with E-state index in [0.717, 1.165) is 6.42 Å². The Kier molecular flexibility index (Phi) is 20.1. The van der Waals surface area contributed by atoms with E-state index in [1.165, 1.54) is 42.4 Å². The third-order valence-corrected chi connectivity index (χ3v) is 5.28. The third-order valence-electron chi connectivity index (χ3n) is 5.28. The summed E-state index contributed by atoms with van der Waals surface area (Å²) in [5, 5.41) is 0. The zero-order valence-electron chi connectivity index (χ0n) is 19.2. The first-order valence-electron chi connectivity index (χ1n) is 10.6. The van der Waals surface area contributed by atoms with Crippen molar-refractivity contribution >= 4 is 20.4 Å². The number of hydrogen-bond acceptors (Lipinski definition) is 3. The molecule has 0 fully saturated rings. The molecule has 32 heavy (non-hydrogen) atoms. The molecule has 1 aliphatic carbocycles. The molecule has 0 saturated heterocycles. The second-order valence-electron chi connectivity index (χ2n) is 7.01. The quantitative estimate of drug-likeness (QED) is 0.317. The van der Waals surface area contributed by atoms with Gasteiger partial charge in [-0.15, -0.1) is 6.42 Å². The van der Waals surface area contributed by atoms with Gasteiger partial charge in [-0.2, -0.15) is 11.1 Å². The van der Waals surface area contributed by atoms with Crippen LogP contribution < -0.4 is 0 Å². The summed E-state index contributed by atoms with van der Waals surface area (Å²) < 4.78 is 0. The van der Waals surface area contributed by atoms with E-state index in [1.807, 2.05) is 20.4 Å². The van der Waals surface area contributed by atoms with E-state index >= 15 is 0 Å². The number of hydrogen-bond donors (Lipinski definition) is 0. The summed E-state index contributed by atoms with van der Waals surface area (Å²) in [7, 11) is 0. The average Bonchev–Trinajstić information content (AvgIpc) is 3.35. The molecule has 3 rings (SSSR count). The molecule has 4 heteroatoms. The third kappa shape index (κ3) is 9.30. The Morgan fingerprint density at radius 1 is 0.719 bits per heavy atom. The topological polar surface area (TPSA) is 51.2 Å². The van der Waals surface area contributed by atoms with Crippen LogP contribution in [0.1, 0.15) is 68.9 Å². The maximum Gasteiger partial charge on any atom is 0.106 e. The molecule has 2 atom stereocenters. The Bertz CT molecular complexity index is 767. The molecule has 0 aliphatic heterocycles.